The summed E-state index contributed by atoms with van der Waals surface area (Å²) in [6.45, 7) is 0. The van der Waals surface area contributed by atoms with Gasteiger partial charge in [0.05, 0.1) is 11.8 Å². The van der Waals surface area contributed by atoms with Gasteiger partial charge in [0.25, 0.3) is 17.7 Å². The molecule has 2 fully saturated rings. The second kappa shape index (κ2) is 10.2. The Morgan fingerprint density at radius 2 is 1.47 bits per heavy atom. The molecule has 3 atom stereocenters. The van der Waals surface area contributed by atoms with Crippen LogP contribution >= 0.6 is 23.2 Å². The number of Topliss-reactive ketones (excluding diaryl/α,β-unsaturated/α-hetero) is 1. The lowest BCUT2D eigenvalue weighted by molar-refractivity contribution is -0.156. The van der Waals surface area contributed by atoms with E-state index in [1.54, 1.807) is 0 Å². The zero-order valence-electron chi connectivity index (χ0n) is 18.3. The molecule has 1 aliphatic heterocycles. The van der Waals surface area contributed by atoms with Gasteiger partial charge in [0.15, 0.2) is 5.78 Å². The zero-order chi connectivity index (χ0) is 24.4. The van der Waals surface area contributed by atoms with Crippen molar-refractivity contribution in [3.05, 3.63) is 70.5 Å². The maximum Gasteiger partial charge on any atom is 0.273 e. The van der Waals surface area contributed by atoms with Crippen LogP contribution in [0.5, 0.6) is 0 Å². The second-order valence-corrected chi connectivity index (χ2v) is 9.32. The summed E-state index contributed by atoms with van der Waals surface area (Å²) in [4.78, 5) is 54.0. The van der Waals surface area contributed by atoms with Crippen molar-refractivity contribution >= 4 is 46.7 Å². The molecular weight excluding hydrogens is 482 g/mol. The standard InChI is InChI=1S/C25H23Cl2FN2O4/c26-14-13-21(22(31)15-7-11-18(28)12-8-15)29(23(32)16-5-9-17(27)10-6-16)30-24(33)19-3-1-2-4-20(19)25(30)34/h5-12,19-21H,1-4,13-14H2/t19-,20-,21+/m1/s1. The van der Waals surface area contributed by atoms with Crippen molar-refractivity contribution < 1.29 is 23.6 Å². The van der Waals surface area contributed by atoms with Crippen molar-refractivity contribution in [1.82, 2.24) is 10.0 Å². The van der Waals surface area contributed by atoms with Crippen LogP contribution in [0.15, 0.2) is 48.5 Å². The van der Waals surface area contributed by atoms with Crippen molar-refractivity contribution in [1.29, 1.82) is 0 Å². The molecule has 0 aromatic heterocycles. The van der Waals surface area contributed by atoms with Gasteiger partial charge in [0.1, 0.15) is 11.9 Å². The number of fused-ring (bicyclic) bond motifs is 1. The van der Waals surface area contributed by atoms with Crippen molar-refractivity contribution in [3.63, 3.8) is 0 Å². The number of hydrogen-bond donors (Lipinski definition) is 0. The van der Waals surface area contributed by atoms with Crippen molar-refractivity contribution in [2.45, 2.75) is 38.1 Å². The molecule has 34 heavy (non-hydrogen) atoms. The Morgan fingerprint density at radius 3 is 2.00 bits per heavy atom. The number of carbonyl (C=O) groups excluding carboxylic acids is 4. The Bertz CT molecular complexity index is 1080. The zero-order valence-corrected chi connectivity index (χ0v) is 19.8. The Hall–Kier alpha value is -2.77. The van der Waals surface area contributed by atoms with Crippen LogP contribution < -0.4 is 0 Å². The van der Waals surface area contributed by atoms with Crippen LogP contribution in [0.4, 0.5) is 4.39 Å². The number of ketones is 1. The fourth-order valence-corrected chi connectivity index (χ4v) is 5.06. The number of rotatable bonds is 7. The number of alkyl halides is 1. The summed E-state index contributed by atoms with van der Waals surface area (Å²) in [7, 11) is 0. The molecule has 1 heterocycles. The largest absolute Gasteiger partial charge is 0.292 e. The number of hydrogen-bond acceptors (Lipinski definition) is 4. The van der Waals surface area contributed by atoms with Crippen LogP contribution in [0.1, 0.15) is 52.8 Å². The molecule has 1 aliphatic carbocycles. The number of amides is 3. The van der Waals surface area contributed by atoms with Gasteiger partial charge < -0.3 is 0 Å². The summed E-state index contributed by atoms with van der Waals surface area (Å²) < 4.78 is 13.5. The van der Waals surface area contributed by atoms with Crippen LogP contribution in [-0.2, 0) is 9.59 Å². The van der Waals surface area contributed by atoms with Gasteiger partial charge in [-0.3, -0.25) is 19.2 Å². The molecule has 1 saturated heterocycles. The first-order valence-corrected chi connectivity index (χ1v) is 12.1. The molecule has 2 aromatic carbocycles. The average molecular weight is 505 g/mol. The van der Waals surface area contributed by atoms with Gasteiger partial charge in [0.2, 0.25) is 0 Å². The third kappa shape index (κ3) is 4.59. The summed E-state index contributed by atoms with van der Waals surface area (Å²) in [6.07, 6.45) is 2.74. The minimum atomic E-state index is -1.24. The molecule has 178 valence electrons. The van der Waals surface area contributed by atoms with Crippen LogP contribution in [0, 0.1) is 17.7 Å². The van der Waals surface area contributed by atoms with E-state index in [1.807, 2.05) is 0 Å². The molecule has 4 rings (SSSR count). The van der Waals surface area contributed by atoms with Crippen LogP contribution in [-0.4, -0.2) is 45.4 Å². The van der Waals surface area contributed by atoms with Crippen LogP contribution in [0.25, 0.3) is 0 Å². The number of nitrogens with zero attached hydrogens (tertiary/aromatic N) is 2. The lowest BCUT2D eigenvalue weighted by Gasteiger charge is -2.36. The van der Waals surface area contributed by atoms with E-state index in [9.17, 15) is 23.6 Å². The number of carbonyl (C=O) groups is 4. The molecule has 2 aliphatic rings. The third-order valence-corrected chi connectivity index (χ3v) is 6.91. The van der Waals surface area contributed by atoms with E-state index in [0.717, 1.165) is 35.0 Å². The fraction of sp³-hybridized carbons (Fsp3) is 0.360. The predicted molar refractivity (Wildman–Crippen MR) is 125 cm³/mol. The highest BCUT2D eigenvalue weighted by Gasteiger charge is 2.53. The Morgan fingerprint density at radius 1 is 0.941 bits per heavy atom. The topological polar surface area (TPSA) is 74.8 Å². The normalized spacial score (nSPS) is 20.7. The summed E-state index contributed by atoms with van der Waals surface area (Å²) in [5, 5.41) is 2.22. The molecule has 0 bridgehead atoms. The van der Waals surface area contributed by atoms with Gasteiger partial charge in [-0.2, -0.15) is 5.01 Å². The lowest BCUT2D eigenvalue weighted by atomic mass is 9.81. The quantitative estimate of drug-likeness (QED) is 0.305. The first-order valence-electron chi connectivity index (χ1n) is 11.2. The number of halogens is 3. The van der Waals surface area contributed by atoms with Gasteiger partial charge in [-0.15, -0.1) is 11.6 Å². The molecule has 0 radical (unpaired) electrons. The Balaban J connectivity index is 1.80. The summed E-state index contributed by atoms with van der Waals surface area (Å²) in [6, 6.07) is 9.60. The summed E-state index contributed by atoms with van der Waals surface area (Å²) in [5.74, 6) is -3.76. The van der Waals surface area contributed by atoms with E-state index < -0.39 is 47.2 Å². The van der Waals surface area contributed by atoms with E-state index in [-0.39, 0.29) is 23.4 Å². The molecule has 0 spiro atoms. The van der Waals surface area contributed by atoms with Crippen LogP contribution in [0.3, 0.4) is 0 Å². The van der Waals surface area contributed by atoms with Crippen molar-refractivity contribution in [2.75, 3.05) is 5.88 Å². The molecule has 9 heteroatoms. The summed E-state index contributed by atoms with van der Waals surface area (Å²) in [5.41, 5.74) is 0.299. The summed E-state index contributed by atoms with van der Waals surface area (Å²) >= 11 is 12.0. The van der Waals surface area contributed by atoms with Crippen molar-refractivity contribution in [2.24, 2.45) is 11.8 Å². The van der Waals surface area contributed by atoms with Gasteiger partial charge in [0, 0.05) is 22.0 Å². The van der Waals surface area contributed by atoms with E-state index in [2.05, 4.69) is 0 Å². The van der Waals surface area contributed by atoms with E-state index in [0.29, 0.717) is 17.9 Å². The molecule has 0 N–H and O–H groups in total. The predicted octanol–water partition coefficient (Wildman–Crippen LogP) is 4.89. The lowest BCUT2D eigenvalue weighted by Crippen LogP contribution is -2.57. The molecule has 1 saturated carbocycles. The number of hydrazine groups is 1. The Kier molecular flexibility index (Phi) is 7.33. The number of benzene rings is 2. The van der Waals surface area contributed by atoms with Crippen LogP contribution in [0.2, 0.25) is 5.02 Å². The highest BCUT2D eigenvalue weighted by atomic mass is 35.5. The van der Waals surface area contributed by atoms with E-state index in [4.69, 9.17) is 23.2 Å². The van der Waals surface area contributed by atoms with Crippen molar-refractivity contribution in [3.8, 4) is 0 Å². The average Bonchev–Trinajstić information content (AvgIpc) is 3.09. The Labute approximate surface area is 206 Å². The van der Waals surface area contributed by atoms with E-state index in [1.165, 1.54) is 36.4 Å². The SMILES string of the molecule is O=C(c1ccc(F)cc1)[C@H](CCCl)N(C(=O)c1ccc(Cl)cc1)N1C(=O)[C@@H]2CCCC[C@H]2C1=O. The van der Waals surface area contributed by atoms with Gasteiger partial charge in [-0.1, -0.05) is 24.4 Å². The molecule has 6 nitrogen and oxygen atoms in total. The minimum absolute atomic E-state index is 0.00885. The smallest absolute Gasteiger partial charge is 0.273 e. The number of imide groups is 1. The van der Waals surface area contributed by atoms with Gasteiger partial charge in [-0.05, 0) is 67.8 Å². The molecule has 0 unspecified atom stereocenters. The first-order chi connectivity index (χ1) is 16.3. The fourth-order valence-electron chi connectivity index (χ4n) is 4.73. The molecule has 2 aromatic rings. The van der Waals surface area contributed by atoms with Gasteiger partial charge >= 0.3 is 0 Å². The monoisotopic (exact) mass is 504 g/mol. The maximum atomic E-state index is 13.7. The third-order valence-electron chi connectivity index (χ3n) is 6.44. The highest BCUT2D eigenvalue weighted by molar-refractivity contribution is 6.30. The minimum Gasteiger partial charge on any atom is -0.292 e. The maximum absolute atomic E-state index is 13.7. The first kappa shape index (κ1) is 24.4. The molecule has 3 amide bonds. The van der Waals surface area contributed by atoms with E-state index >= 15 is 0 Å². The highest BCUT2D eigenvalue weighted by Crippen LogP contribution is 2.40. The molecular formula is C25H23Cl2FN2O4. The van der Waals surface area contributed by atoms with Gasteiger partial charge in [-0.25, -0.2) is 9.40 Å². The second-order valence-electron chi connectivity index (χ2n) is 8.51.